The van der Waals surface area contributed by atoms with E-state index in [2.05, 4.69) is 17.6 Å². The molecule has 0 radical (unpaired) electrons. The number of nitrogens with one attached hydrogen (secondary N) is 2. The Balaban J connectivity index is 1.65. The van der Waals surface area contributed by atoms with Gasteiger partial charge in [-0.25, -0.2) is 0 Å². The summed E-state index contributed by atoms with van der Waals surface area (Å²) in [4.78, 5) is 23.7. The summed E-state index contributed by atoms with van der Waals surface area (Å²) in [5, 5.41) is 5.82. The van der Waals surface area contributed by atoms with Crippen LogP contribution in [-0.2, 0) is 4.79 Å². The summed E-state index contributed by atoms with van der Waals surface area (Å²) >= 11 is 0. The first-order valence-electron chi connectivity index (χ1n) is 6.85. The van der Waals surface area contributed by atoms with E-state index < -0.39 is 0 Å². The van der Waals surface area contributed by atoms with Gasteiger partial charge in [-0.05, 0) is 43.4 Å². The Hall–Kier alpha value is -1.84. The lowest BCUT2D eigenvalue weighted by Crippen LogP contribution is -2.25. The lowest BCUT2D eigenvalue weighted by molar-refractivity contribution is -0.117. The fraction of sp³-hybridized carbons (Fsp3) is 0.467. The summed E-state index contributed by atoms with van der Waals surface area (Å²) in [6.07, 6.45) is 3.11. The summed E-state index contributed by atoms with van der Waals surface area (Å²) in [5.41, 5.74) is 1.31. The van der Waals surface area contributed by atoms with Crippen LogP contribution in [0, 0.1) is 11.8 Å². The first kappa shape index (κ1) is 12.2. The molecule has 0 aromatic heterocycles. The molecule has 2 N–H and O–H groups in total. The van der Waals surface area contributed by atoms with Gasteiger partial charge in [0, 0.05) is 23.2 Å². The van der Waals surface area contributed by atoms with E-state index in [0.717, 1.165) is 19.3 Å². The zero-order valence-electron chi connectivity index (χ0n) is 11.0. The molecule has 0 spiro atoms. The average molecular weight is 258 g/mol. The fourth-order valence-corrected chi connectivity index (χ4v) is 2.16. The molecule has 3 rings (SSSR count). The van der Waals surface area contributed by atoms with E-state index in [9.17, 15) is 9.59 Å². The third kappa shape index (κ3) is 2.95. The molecule has 0 bridgehead atoms. The number of amides is 2. The Kier molecular flexibility index (Phi) is 3.01. The van der Waals surface area contributed by atoms with Gasteiger partial charge in [-0.15, -0.1) is 0 Å². The highest BCUT2D eigenvalue weighted by molar-refractivity contribution is 5.98. The summed E-state index contributed by atoms with van der Waals surface area (Å²) in [6, 6.07) is 7.47. The predicted molar refractivity (Wildman–Crippen MR) is 72.8 cm³/mol. The van der Waals surface area contributed by atoms with Crippen LogP contribution in [0.25, 0.3) is 0 Å². The Labute approximate surface area is 112 Å². The lowest BCUT2D eigenvalue weighted by Gasteiger charge is -2.07. The van der Waals surface area contributed by atoms with Crippen LogP contribution in [0.5, 0.6) is 0 Å². The molecule has 0 heterocycles. The smallest absolute Gasteiger partial charge is 0.251 e. The molecule has 2 atom stereocenters. The summed E-state index contributed by atoms with van der Waals surface area (Å²) in [7, 11) is 0. The van der Waals surface area contributed by atoms with Gasteiger partial charge in [-0.1, -0.05) is 13.0 Å². The van der Waals surface area contributed by atoms with E-state index in [1.54, 1.807) is 18.2 Å². The molecule has 0 aliphatic heterocycles. The van der Waals surface area contributed by atoms with Gasteiger partial charge >= 0.3 is 0 Å². The van der Waals surface area contributed by atoms with E-state index in [1.807, 2.05) is 6.07 Å². The van der Waals surface area contributed by atoms with E-state index in [-0.39, 0.29) is 17.7 Å². The van der Waals surface area contributed by atoms with Crippen LogP contribution in [0.4, 0.5) is 5.69 Å². The van der Waals surface area contributed by atoms with Crippen LogP contribution < -0.4 is 10.6 Å². The first-order chi connectivity index (χ1) is 9.13. The molecule has 2 aliphatic rings. The maximum Gasteiger partial charge on any atom is 0.251 e. The zero-order valence-corrected chi connectivity index (χ0v) is 11.0. The van der Waals surface area contributed by atoms with Crippen molar-refractivity contribution < 1.29 is 9.59 Å². The second-order valence-corrected chi connectivity index (χ2v) is 5.64. The Morgan fingerprint density at radius 3 is 2.63 bits per heavy atom. The number of carbonyl (C=O) groups is 2. The van der Waals surface area contributed by atoms with Crippen LogP contribution in [0.3, 0.4) is 0 Å². The summed E-state index contributed by atoms with van der Waals surface area (Å²) in [5.74, 6) is 0.635. The molecule has 1 aromatic carbocycles. The molecule has 2 amide bonds. The van der Waals surface area contributed by atoms with Gasteiger partial charge in [0.25, 0.3) is 5.91 Å². The molecular formula is C15H18N2O2. The molecule has 2 aliphatic carbocycles. The average Bonchev–Trinajstić information content (AvgIpc) is 3.28. The van der Waals surface area contributed by atoms with Crippen LogP contribution in [0.2, 0.25) is 0 Å². The monoisotopic (exact) mass is 258 g/mol. The van der Waals surface area contributed by atoms with E-state index in [1.165, 1.54) is 0 Å². The highest BCUT2D eigenvalue weighted by Gasteiger charge is 2.39. The largest absolute Gasteiger partial charge is 0.349 e. The van der Waals surface area contributed by atoms with Gasteiger partial charge in [-0.2, -0.15) is 0 Å². The van der Waals surface area contributed by atoms with E-state index in [4.69, 9.17) is 0 Å². The number of rotatable bonds is 4. The molecule has 2 saturated carbocycles. The van der Waals surface area contributed by atoms with Crippen molar-refractivity contribution in [1.29, 1.82) is 0 Å². The Morgan fingerprint density at radius 1 is 1.26 bits per heavy atom. The second kappa shape index (κ2) is 4.68. The molecule has 2 fully saturated rings. The SMILES string of the molecule is C[C@@H]1C[C@@H]1C(=O)Nc1cccc(C(=O)NC2CC2)c1. The molecular weight excluding hydrogens is 240 g/mol. The van der Waals surface area contributed by atoms with E-state index >= 15 is 0 Å². The van der Waals surface area contributed by atoms with Gasteiger partial charge in [0.2, 0.25) is 5.91 Å². The van der Waals surface area contributed by atoms with Gasteiger partial charge in [0.15, 0.2) is 0 Å². The fourth-order valence-electron chi connectivity index (χ4n) is 2.16. The highest BCUT2D eigenvalue weighted by atomic mass is 16.2. The third-order valence-electron chi connectivity index (χ3n) is 3.75. The molecule has 100 valence electrons. The van der Waals surface area contributed by atoms with Crippen molar-refractivity contribution in [2.45, 2.75) is 32.2 Å². The number of benzene rings is 1. The quantitative estimate of drug-likeness (QED) is 0.869. The van der Waals surface area contributed by atoms with Crippen molar-refractivity contribution in [3.63, 3.8) is 0 Å². The highest BCUT2D eigenvalue weighted by Crippen LogP contribution is 2.38. The minimum Gasteiger partial charge on any atom is -0.349 e. The maximum absolute atomic E-state index is 11.9. The number of hydrogen-bond acceptors (Lipinski definition) is 2. The molecule has 0 unspecified atom stereocenters. The second-order valence-electron chi connectivity index (χ2n) is 5.64. The van der Waals surface area contributed by atoms with Crippen molar-refractivity contribution >= 4 is 17.5 Å². The van der Waals surface area contributed by atoms with Gasteiger partial charge in [-0.3, -0.25) is 9.59 Å². The normalized spacial score (nSPS) is 24.7. The molecule has 4 nitrogen and oxygen atoms in total. The minimum absolute atomic E-state index is 0.0570. The van der Waals surface area contributed by atoms with Crippen molar-refractivity contribution in [2.75, 3.05) is 5.32 Å². The Morgan fingerprint density at radius 2 is 2.00 bits per heavy atom. The van der Waals surface area contributed by atoms with Crippen molar-refractivity contribution in [1.82, 2.24) is 5.32 Å². The molecule has 0 saturated heterocycles. The summed E-state index contributed by atoms with van der Waals surface area (Å²) in [6.45, 7) is 2.07. The Bertz CT molecular complexity index is 523. The molecule has 4 heteroatoms. The standard InChI is InChI=1S/C15H18N2O2/c1-9-7-13(9)15(19)17-12-4-2-3-10(8-12)14(18)16-11-5-6-11/h2-4,8-9,11,13H,5-7H2,1H3,(H,16,18)(H,17,19)/t9-,13+/m1/s1. The molecule has 1 aromatic rings. The van der Waals surface area contributed by atoms with Gasteiger partial charge in [0.05, 0.1) is 0 Å². The van der Waals surface area contributed by atoms with E-state index in [0.29, 0.717) is 23.2 Å². The number of hydrogen-bond donors (Lipinski definition) is 2. The number of carbonyl (C=O) groups excluding carboxylic acids is 2. The topological polar surface area (TPSA) is 58.2 Å². The van der Waals surface area contributed by atoms with Gasteiger partial charge in [0.1, 0.15) is 0 Å². The molecule has 19 heavy (non-hydrogen) atoms. The minimum atomic E-state index is -0.0570. The van der Waals surface area contributed by atoms with Crippen LogP contribution >= 0.6 is 0 Å². The lowest BCUT2D eigenvalue weighted by atomic mass is 10.2. The summed E-state index contributed by atoms with van der Waals surface area (Å²) < 4.78 is 0. The maximum atomic E-state index is 11.9. The van der Waals surface area contributed by atoms with Crippen molar-refractivity contribution in [2.24, 2.45) is 11.8 Å². The van der Waals surface area contributed by atoms with Crippen molar-refractivity contribution in [3.8, 4) is 0 Å². The predicted octanol–water partition coefficient (Wildman–Crippen LogP) is 2.17. The third-order valence-corrected chi connectivity index (χ3v) is 3.75. The van der Waals surface area contributed by atoms with Crippen LogP contribution in [-0.4, -0.2) is 17.9 Å². The van der Waals surface area contributed by atoms with Crippen LogP contribution in [0.1, 0.15) is 36.5 Å². The van der Waals surface area contributed by atoms with Crippen molar-refractivity contribution in [3.05, 3.63) is 29.8 Å². The first-order valence-corrected chi connectivity index (χ1v) is 6.85. The van der Waals surface area contributed by atoms with Gasteiger partial charge < -0.3 is 10.6 Å². The number of anilines is 1. The zero-order chi connectivity index (χ0) is 13.4. The van der Waals surface area contributed by atoms with Crippen LogP contribution in [0.15, 0.2) is 24.3 Å².